The summed E-state index contributed by atoms with van der Waals surface area (Å²) >= 11 is 6.50. The van der Waals surface area contributed by atoms with E-state index in [4.69, 9.17) is 17.0 Å². The van der Waals surface area contributed by atoms with Crippen molar-refractivity contribution < 1.29 is 27.6 Å². The molecule has 1 amide bonds. The van der Waals surface area contributed by atoms with Crippen LogP contribution < -0.4 is 14.5 Å². The minimum atomic E-state index is -4.75. The third-order valence-electron chi connectivity index (χ3n) is 5.33. The van der Waals surface area contributed by atoms with Gasteiger partial charge in [-0.15, -0.1) is 0 Å². The molecular weight excluding hydrogens is 527 g/mol. The van der Waals surface area contributed by atoms with Crippen LogP contribution in [0.1, 0.15) is 11.1 Å². The van der Waals surface area contributed by atoms with Gasteiger partial charge in [-0.25, -0.2) is 0 Å². The number of hydrogen-bond donors (Lipinski definition) is 0. The number of thioether (sulfide) groups is 1. The van der Waals surface area contributed by atoms with Crippen LogP contribution in [0.15, 0.2) is 71.6 Å². The van der Waals surface area contributed by atoms with Gasteiger partial charge in [0.05, 0.1) is 21.1 Å². The smallest absolute Gasteiger partial charge is 0.416 e. The van der Waals surface area contributed by atoms with Crippen LogP contribution in [0.2, 0.25) is 0 Å². The first kappa shape index (κ1) is 26.2. The minimum Gasteiger partial charge on any atom is -0.449 e. The number of carbonyl (C=O) groups is 1. The minimum absolute atomic E-state index is 0.117. The number of ether oxygens (including phenoxy) is 1. The van der Waals surface area contributed by atoms with Crippen molar-refractivity contribution in [1.29, 1.82) is 0 Å². The zero-order chi connectivity index (χ0) is 26.9. The normalized spacial score (nSPS) is 14.8. The molecule has 1 aliphatic rings. The lowest BCUT2D eigenvalue weighted by Crippen LogP contribution is -2.27. The first-order chi connectivity index (χ1) is 17.5. The Bertz CT molecular complexity index is 1420. The summed E-state index contributed by atoms with van der Waals surface area (Å²) in [7, 11) is 3.80. The molecule has 0 spiro atoms. The van der Waals surface area contributed by atoms with E-state index in [-0.39, 0.29) is 17.4 Å². The number of thiocarbonyl (C=S) groups is 1. The van der Waals surface area contributed by atoms with E-state index in [2.05, 4.69) is 0 Å². The number of nitro groups is 1. The number of anilines is 2. The van der Waals surface area contributed by atoms with Crippen LogP contribution in [0, 0.1) is 10.1 Å². The lowest BCUT2D eigenvalue weighted by molar-refractivity contribution is -0.385. The molecule has 0 saturated carbocycles. The summed E-state index contributed by atoms with van der Waals surface area (Å²) < 4.78 is 45.1. The van der Waals surface area contributed by atoms with Gasteiger partial charge in [-0.05, 0) is 48.5 Å². The second-order valence-corrected chi connectivity index (χ2v) is 9.68. The number of halogens is 3. The molecule has 3 aromatic carbocycles. The van der Waals surface area contributed by atoms with Crippen molar-refractivity contribution in [2.24, 2.45) is 0 Å². The van der Waals surface area contributed by atoms with Crippen molar-refractivity contribution in [3.05, 3.63) is 92.9 Å². The molecule has 4 rings (SSSR count). The molecule has 37 heavy (non-hydrogen) atoms. The van der Waals surface area contributed by atoms with Crippen molar-refractivity contribution in [2.75, 3.05) is 23.9 Å². The SMILES string of the molecule is CN(C)c1ccc(N2C(=O)/C(=C\c3ccccc3Oc3ccc(C(F)(F)F)cc3[N+](=O)[O-])SC2=S)cc1. The van der Waals surface area contributed by atoms with E-state index in [9.17, 15) is 28.1 Å². The van der Waals surface area contributed by atoms with E-state index in [1.807, 2.05) is 31.1 Å². The number of hydrogen-bond acceptors (Lipinski definition) is 7. The molecule has 0 aromatic heterocycles. The summed E-state index contributed by atoms with van der Waals surface area (Å²) in [4.78, 5) is 27.3. The van der Waals surface area contributed by atoms with Gasteiger partial charge < -0.3 is 9.64 Å². The summed E-state index contributed by atoms with van der Waals surface area (Å²) in [6, 6.07) is 15.7. The van der Waals surface area contributed by atoms with Gasteiger partial charge in [0.15, 0.2) is 4.32 Å². The number of benzene rings is 3. The fourth-order valence-electron chi connectivity index (χ4n) is 3.47. The predicted octanol–water partition coefficient (Wildman–Crippen LogP) is 6.88. The Kier molecular flexibility index (Phi) is 7.23. The number of alkyl halides is 3. The fraction of sp³-hybridized carbons (Fsp3) is 0.120. The topological polar surface area (TPSA) is 75.9 Å². The van der Waals surface area contributed by atoms with Crippen LogP contribution in [0.5, 0.6) is 11.5 Å². The number of carbonyl (C=O) groups excluding carboxylic acids is 1. The van der Waals surface area contributed by atoms with Crippen LogP contribution in [0.3, 0.4) is 0 Å². The molecular formula is C25H18F3N3O4S2. The van der Waals surface area contributed by atoms with E-state index in [0.717, 1.165) is 23.5 Å². The van der Waals surface area contributed by atoms with Gasteiger partial charge in [-0.3, -0.25) is 19.8 Å². The van der Waals surface area contributed by atoms with Crippen molar-refractivity contribution in [3.63, 3.8) is 0 Å². The van der Waals surface area contributed by atoms with Gasteiger partial charge in [0, 0.05) is 31.4 Å². The maximum absolute atomic E-state index is 13.2. The molecule has 0 bridgehead atoms. The molecule has 1 heterocycles. The molecule has 12 heteroatoms. The zero-order valence-electron chi connectivity index (χ0n) is 19.4. The number of amides is 1. The molecule has 1 fully saturated rings. The Labute approximate surface area is 219 Å². The molecule has 3 aromatic rings. The highest BCUT2D eigenvalue weighted by Crippen LogP contribution is 2.41. The predicted molar refractivity (Wildman–Crippen MR) is 141 cm³/mol. The number of nitro benzene ring substituents is 1. The maximum atomic E-state index is 13.2. The molecule has 1 saturated heterocycles. The number of para-hydroxylation sites is 1. The van der Waals surface area contributed by atoms with Crippen molar-refractivity contribution in [2.45, 2.75) is 6.18 Å². The number of rotatable bonds is 6. The van der Waals surface area contributed by atoms with Crippen LogP contribution >= 0.6 is 24.0 Å². The van der Waals surface area contributed by atoms with E-state index >= 15 is 0 Å². The molecule has 190 valence electrons. The third-order valence-corrected chi connectivity index (χ3v) is 6.63. The molecule has 0 atom stereocenters. The summed E-state index contributed by atoms with van der Waals surface area (Å²) in [6.07, 6.45) is -3.22. The van der Waals surface area contributed by atoms with Gasteiger partial charge >= 0.3 is 11.9 Å². The van der Waals surface area contributed by atoms with Crippen LogP contribution in [-0.4, -0.2) is 29.2 Å². The summed E-state index contributed by atoms with van der Waals surface area (Å²) in [5.74, 6) is -0.610. The van der Waals surface area contributed by atoms with Gasteiger partial charge in [0.2, 0.25) is 5.75 Å². The highest BCUT2D eigenvalue weighted by atomic mass is 32.2. The Hall–Kier alpha value is -3.90. The van der Waals surface area contributed by atoms with Gasteiger partial charge in [-0.1, -0.05) is 42.2 Å². The van der Waals surface area contributed by atoms with E-state index in [0.29, 0.717) is 32.6 Å². The van der Waals surface area contributed by atoms with Crippen molar-refractivity contribution in [1.82, 2.24) is 0 Å². The molecule has 1 aliphatic heterocycles. The van der Waals surface area contributed by atoms with Crippen molar-refractivity contribution >= 4 is 57.3 Å². The molecule has 0 unspecified atom stereocenters. The summed E-state index contributed by atoms with van der Waals surface area (Å²) in [6.45, 7) is 0. The van der Waals surface area contributed by atoms with E-state index in [1.165, 1.54) is 17.0 Å². The molecule has 0 N–H and O–H groups in total. The van der Waals surface area contributed by atoms with Crippen molar-refractivity contribution in [3.8, 4) is 11.5 Å². The third kappa shape index (κ3) is 5.59. The first-order valence-corrected chi connectivity index (χ1v) is 11.9. The van der Waals surface area contributed by atoms with Crippen LogP contribution in [0.4, 0.5) is 30.2 Å². The highest BCUT2D eigenvalue weighted by molar-refractivity contribution is 8.27. The van der Waals surface area contributed by atoms with Gasteiger partial charge in [0.1, 0.15) is 5.75 Å². The molecule has 7 nitrogen and oxygen atoms in total. The quantitative estimate of drug-likeness (QED) is 0.145. The lowest BCUT2D eigenvalue weighted by atomic mass is 10.1. The molecule has 0 aliphatic carbocycles. The lowest BCUT2D eigenvalue weighted by Gasteiger charge is -2.17. The second-order valence-electron chi connectivity index (χ2n) is 8.01. The van der Waals surface area contributed by atoms with E-state index in [1.54, 1.807) is 30.3 Å². The largest absolute Gasteiger partial charge is 0.449 e. The highest BCUT2D eigenvalue weighted by Gasteiger charge is 2.35. The summed E-state index contributed by atoms with van der Waals surface area (Å²) in [5.41, 5.74) is -0.0611. The standard InChI is InChI=1S/C25H18F3N3O4S2/c1-29(2)17-8-10-18(11-9-17)30-23(32)22(37-24(30)36)13-15-5-3-4-6-20(15)35-21-12-7-16(25(26,27)28)14-19(21)31(33)34/h3-14H,1-2H3/b22-13+. The Morgan fingerprint density at radius 1 is 1.05 bits per heavy atom. The van der Waals surface area contributed by atoms with E-state index < -0.39 is 22.4 Å². The first-order valence-electron chi connectivity index (χ1n) is 10.6. The van der Waals surface area contributed by atoms with Gasteiger partial charge in [0.25, 0.3) is 5.91 Å². The summed E-state index contributed by atoms with van der Waals surface area (Å²) in [5, 5.41) is 11.4. The zero-order valence-corrected chi connectivity index (χ0v) is 21.0. The average Bonchev–Trinajstić information content (AvgIpc) is 3.12. The van der Waals surface area contributed by atoms with Crippen LogP contribution in [-0.2, 0) is 11.0 Å². The average molecular weight is 546 g/mol. The fourth-order valence-corrected chi connectivity index (χ4v) is 4.76. The van der Waals surface area contributed by atoms with Crippen LogP contribution in [0.25, 0.3) is 6.08 Å². The Morgan fingerprint density at radius 3 is 2.35 bits per heavy atom. The Balaban J connectivity index is 1.65. The number of nitrogens with zero attached hydrogens (tertiary/aromatic N) is 3. The molecule has 0 radical (unpaired) electrons. The second kappa shape index (κ2) is 10.2. The maximum Gasteiger partial charge on any atom is 0.416 e. The monoisotopic (exact) mass is 545 g/mol. The van der Waals surface area contributed by atoms with Gasteiger partial charge in [-0.2, -0.15) is 13.2 Å². The Morgan fingerprint density at radius 2 is 1.73 bits per heavy atom.